The van der Waals surface area contributed by atoms with Crippen LogP contribution in [0.3, 0.4) is 0 Å². The number of nitrogens with two attached hydrogens (primary N) is 1. The smallest absolute Gasteiger partial charge is 0.170 e. The number of methoxy groups -OCH3 is 1. The van der Waals surface area contributed by atoms with Crippen molar-refractivity contribution in [3.05, 3.63) is 60.7 Å². The molecule has 1 aliphatic rings. The third-order valence-corrected chi connectivity index (χ3v) is 6.70. The van der Waals surface area contributed by atoms with Crippen LogP contribution in [0.1, 0.15) is 12.1 Å². The number of ether oxygens (including phenoxy) is 2. The number of nitrogens with one attached hydrogen (secondary N) is 2. The maximum atomic E-state index is 6.13. The van der Waals surface area contributed by atoms with Gasteiger partial charge in [0.05, 0.1) is 13.4 Å². The second-order valence-electron chi connectivity index (χ2n) is 9.04. The minimum Gasteiger partial charge on any atom is -0.493 e. The van der Waals surface area contributed by atoms with E-state index in [1.165, 1.54) is 5.69 Å². The van der Waals surface area contributed by atoms with Gasteiger partial charge in [-0.05, 0) is 62.0 Å². The zero-order valence-electron chi connectivity index (χ0n) is 21.7. The Kier molecular flexibility index (Phi) is 9.58. The molecule has 1 aliphatic heterocycles. The SMILES string of the molecule is COc1cc(NC(=S)NCCCn2cncc2C)ccc1Oc1ccc(N2CCN(CCN)CC2)cc1. The summed E-state index contributed by atoms with van der Waals surface area (Å²) in [7, 11) is 1.63. The van der Waals surface area contributed by atoms with Crippen molar-refractivity contribution in [2.45, 2.75) is 19.9 Å². The number of aromatic nitrogens is 2. The second-order valence-corrected chi connectivity index (χ2v) is 9.45. The molecule has 2 heterocycles. The molecule has 0 bridgehead atoms. The Morgan fingerprint density at radius 3 is 2.51 bits per heavy atom. The van der Waals surface area contributed by atoms with E-state index in [1.807, 2.05) is 42.9 Å². The van der Waals surface area contributed by atoms with Gasteiger partial charge in [-0.2, -0.15) is 0 Å². The number of thiocarbonyl (C=S) groups is 1. The Morgan fingerprint density at radius 1 is 1.05 bits per heavy atom. The van der Waals surface area contributed by atoms with Gasteiger partial charge < -0.3 is 35.3 Å². The first-order chi connectivity index (χ1) is 18.1. The van der Waals surface area contributed by atoms with Gasteiger partial charge in [0.25, 0.3) is 0 Å². The summed E-state index contributed by atoms with van der Waals surface area (Å²) >= 11 is 5.45. The number of anilines is 2. The van der Waals surface area contributed by atoms with E-state index in [9.17, 15) is 0 Å². The van der Waals surface area contributed by atoms with E-state index in [1.54, 1.807) is 7.11 Å². The highest BCUT2D eigenvalue weighted by Gasteiger charge is 2.16. The molecule has 1 aromatic heterocycles. The molecule has 0 radical (unpaired) electrons. The molecule has 0 spiro atoms. The van der Waals surface area contributed by atoms with Crippen molar-refractivity contribution in [1.82, 2.24) is 19.8 Å². The van der Waals surface area contributed by atoms with Crippen molar-refractivity contribution < 1.29 is 9.47 Å². The Bertz CT molecular complexity index is 1140. The second kappa shape index (κ2) is 13.3. The van der Waals surface area contributed by atoms with Crippen molar-refractivity contribution in [3.8, 4) is 17.2 Å². The van der Waals surface area contributed by atoms with Crippen LogP contribution in [0.2, 0.25) is 0 Å². The number of hydrogen-bond acceptors (Lipinski definition) is 7. The summed E-state index contributed by atoms with van der Waals surface area (Å²) in [6, 6.07) is 13.9. The molecule has 1 fully saturated rings. The molecule has 0 aliphatic carbocycles. The Balaban J connectivity index is 1.26. The van der Waals surface area contributed by atoms with E-state index in [2.05, 4.69) is 49.0 Å². The van der Waals surface area contributed by atoms with Gasteiger partial charge in [-0.25, -0.2) is 4.98 Å². The van der Waals surface area contributed by atoms with E-state index >= 15 is 0 Å². The molecular weight excluding hydrogens is 486 g/mol. The predicted octanol–water partition coefficient (Wildman–Crippen LogP) is 3.45. The first-order valence-electron chi connectivity index (χ1n) is 12.7. The molecule has 0 amide bonds. The average Bonchev–Trinajstić information content (AvgIpc) is 3.33. The average molecular weight is 524 g/mol. The van der Waals surface area contributed by atoms with Gasteiger partial charge in [0.1, 0.15) is 5.75 Å². The molecule has 0 atom stereocenters. The summed E-state index contributed by atoms with van der Waals surface area (Å²) in [6.07, 6.45) is 4.66. The standard InChI is InChI=1S/C27H37N7O2S/c1-21-19-29-20-34(21)12-3-11-30-27(37)31-22-4-9-25(26(18-22)35-2)36-24-7-5-23(6-8-24)33-16-14-32(13-10-28)15-17-33/h4-9,18-20H,3,10-17,28H2,1-2H3,(H2,30,31,37). The fourth-order valence-corrected chi connectivity index (χ4v) is 4.56. The number of nitrogens with zero attached hydrogens (tertiary/aromatic N) is 4. The van der Waals surface area contributed by atoms with Crippen LogP contribution in [0.25, 0.3) is 0 Å². The number of rotatable bonds is 11. The van der Waals surface area contributed by atoms with Gasteiger partial charge in [-0.1, -0.05) is 0 Å². The summed E-state index contributed by atoms with van der Waals surface area (Å²) < 4.78 is 13.8. The zero-order chi connectivity index (χ0) is 26.0. The molecule has 10 heteroatoms. The zero-order valence-corrected chi connectivity index (χ0v) is 22.5. The minimum absolute atomic E-state index is 0.567. The molecule has 3 aromatic rings. The quantitative estimate of drug-likeness (QED) is 0.258. The van der Waals surface area contributed by atoms with Crippen LogP contribution in [0.15, 0.2) is 55.0 Å². The summed E-state index contributed by atoms with van der Waals surface area (Å²) in [5.74, 6) is 2.03. The number of imidazole rings is 1. The Hall–Kier alpha value is -3.34. The molecule has 4 N–H and O–H groups in total. The van der Waals surface area contributed by atoms with Crippen LogP contribution in [-0.2, 0) is 6.54 Å². The van der Waals surface area contributed by atoms with Crippen LogP contribution in [-0.4, -0.2) is 72.5 Å². The monoisotopic (exact) mass is 523 g/mol. The Morgan fingerprint density at radius 2 is 1.84 bits per heavy atom. The van der Waals surface area contributed by atoms with Gasteiger partial charge in [0.2, 0.25) is 0 Å². The third kappa shape index (κ3) is 7.58. The summed E-state index contributed by atoms with van der Waals surface area (Å²) in [5, 5.41) is 7.03. The van der Waals surface area contributed by atoms with Gasteiger partial charge >= 0.3 is 0 Å². The molecule has 9 nitrogen and oxygen atoms in total. The van der Waals surface area contributed by atoms with Crippen LogP contribution < -0.4 is 30.7 Å². The molecule has 4 rings (SSSR count). The molecule has 1 saturated heterocycles. The number of piperazine rings is 1. The number of hydrogen-bond donors (Lipinski definition) is 3. The number of aryl methyl sites for hydroxylation is 2. The largest absolute Gasteiger partial charge is 0.493 e. The van der Waals surface area contributed by atoms with E-state index < -0.39 is 0 Å². The molecule has 2 aromatic carbocycles. The van der Waals surface area contributed by atoms with Crippen molar-refractivity contribution in [2.24, 2.45) is 5.73 Å². The van der Waals surface area contributed by atoms with Crippen LogP contribution >= 0.6 is 12.2 Å². The first-order valence-corrected chi connectivity index (χ1v) is 13.1. The van der Waals surface area contributed by atoms with Crippen LogP contribution in [0.4, 0.5) is 11.4 Å². The fraction of sp³-hybridized carbons (Fsp3) is 0.407. The maximum Gasteiger partial charge on any atom is 0.170 e. The highest BCUT2D eigenvalue weighted by molar-refractivity contribution is 7.80. The predicted molar refractivity (Wildman–Crippen MR) is 153 cm³/mol. The lowest BCUT2D eigenvalue weighted by atomic mass is 10.2. The van der Waals surface area contributed by atoms with Crippen molar-refractivity contribution in [1.29, 1.82) is 0 Å². The molecule has 198 valence electrons. The minimum atomic E-state index is 0.567. The third-order valence-electron chi connectivity index (χ3n) is 6.45. The van der Waals surface area contributed by atoms with E-state index in [-0.39, 0.29) is 0 Å². The van der Waals surface area contributed by atoms with Gasteiger partial charge in [0.15, 0.2) is 16.6 Å². The summed E-state index contributed by atoms with van der Waals surface area (Å²) in [5.41, 5.74) is 8.87. The lowest BCUT2D eigenvalue weighted by Crippen LogP contribution is -2.47. The first kappa shape index (κ1) is 26.7. The topological polar surface area (TPSA) is 92.8 Å². The van der Waals surface area contributed by atoms with Crippen LogP contribution in [0, 0.1) is 6.92 Å². The Labute approximate surface area is 224 Å². The highest BCUT2D eigenvalue weighted by atomic mass is 32.1. The van der Waals surface area contributed by atoms with Crippen molar-refractivity contribution in [2.75, 3.05) is 63.1 Å². The summed E-state index contributed by atoms with van der Waals surface area (Å²) in [6.45, 7) is 9.47. The van der Waals surface area contributed by atoms with Gasteiger partial charge in [-0.15, -0.1) is 0 Å². The maximum absolute atomic E-state index is 6.13. The fourth-order valence-electron chi connectivity index (χ4n) is 4.34. The van der Waals surface area contributed by atoms with Gasteiger partial charge in [-0.3, -0.25) is 4.90 Å². The molecule has 37 heavy (non-hydrogen) atoms. The molecule has 0 saturated carbocycles. The highest BCUT2D eigenvalue weighted by Crippen LogP contribution is 2.34. The van der Waals surface area contributed by atoms with E-state index in [4.69, 9.17) is 27.4 Å². The lowest BCUT2D eigenvalue weighted by molar-refractivity contribution is 0.265. The van der Waals surface area contributed by atoms with Crippen molar-refractivity contribution >= 4 is 28.7 Å². The normalized spacial score (nSPS) is 13.9. The molecular formula is C27H37N7O2S. The van der Waals surface area contributed by atoms with Crippen LogP contribution in [0.5, 0.6) is 17.2 Å². The van der Waals surface area contributed by atoms with E-state index in [0.29, 0.717) is 23.2 Å². The lowest BCUT2D eigenvalue weighted by Gasteiger charge is -2.35. The van der Waals surface area contributed by atoms with E-state index in [0.717, 1.165) is 69.4 Å². The van der Waals surface area contributed by atoms with Crippen molar-refractivity contribution in [3.63, 3.8) is 0 Å². The van der Waals surface area contributed by atoms with Gasteiger partial charge in [0, 0.05) is 81.7 Å². The molecule has 0 unspecified atom stereocenters. The number of benzene rings is 2. The summed E-state index contributed by atoms with van der Waals surface area (Å²) in [4.78, 5) is 8.95.